The number of primary amides is 1. The molecule has 0 heterocycles. The molecule has 3 unspecified atom stereocenters. The molecular formula is C48H63FN5O11P. The van der Waals surface area contributed by atoms with Gasteiger partial charge in [-0.15, -0.1) is 13.2 Å². The van der Waals surface area contributed by atoms with Gasteiger partial charge in [-0.2, -0.15) is 0 Å². The SMILES string of the molecule is C=CCOP(=O)(OCC=C)Oc1ccc(CC(NC(=O)C(CCCCNC(=O)OC(C)(C)C)NC(=O)OCC2c3ccccc3-c3ccccc32)C(=O)NC(CC(C)C)C(N)=O)cc1CF. The van der Waals surface area contributed by atoms with Crippen molar-refractivity contribution in [2.45, 2.75) is 103 Å². The first-order valence-corrected chi connectivity index (χ1v) is 23.3. The average Bonchev–Trinajstić information content (AvgIpc) is 3.58. The van der Waals surface area contributed by atoms with Gasteiger partial charge in [-0.25, -0.2) is 18.5 Å². The summed E-state index contributed by atoms with van der Waals surface area (Å²) < 4.78 is 55.0. The summed E-state index contributed by atoms with van der Waals surface area (Å²) in [4.78, 5) is 66.7. The standard InChI is InChI=1S/C48H63FN5O11P/c1-8-24-62-66(60,63-25-9-2)65-42-22-21-32(27-33(42)29-49)28-41(45(57)52-40(43(50)55)26-31(3)4)53-44(56)39(20-14-15-23-51-46(58)64-48(5,6)7)54-47(59)61-30-38-36-18-12-10-16-34(36)35-17-11-13-19-37(35)38/h8-13,16-19,21-22,27,31,38-41H,1-2,14-15,20,23-26,28-30H2,3-7H3,(H2,50,55)(H,51,58)(H,52,57)(H,53,56)(H,54,59). The van der Waals surface area contributed by atoms with Crippen LogP contribution < -0.4 is 31.5 Å². The molecule has 0 aliphatic heterocycles. The number of carbonyl (C=O) groups is 5. The van der Waals surface area contributed by atoms with Crippen LogP contribution in [-0.2, 0) is 50.6 Å². The van der Waals surface area contributed by atoms with Crippen LogP contribution in [0.2, 0.25) is 0 Å². The van der Waals surface area contributed by atoms with Gasteiger partial charge in [-0.3, -0.25) is 23.4 Å². The van der Waals surface area contributed by atoms with Crippen LogP contribution in [0.3, 0.4) is 0 Å². The van der Waals surface area contributed by atoms with E-state index in [0.717, 1.165) is 22.3 Å². The zero-order chi connectivity index (χ0) is 48.4. The van der Waals surface area contributed by atoms with Crippen molar-refractivity contribution < 1.29 is 56.0 Å². The highest BCUT2D eigenvalue weighted by Gasteiger charge is 2.33. The van der Waals surface area contributed by atoms with Crippen molar-refractivity contribution in [3.8, 4) is 16.9 Å². The molecule has 3 atom stereocenters. The normalized spacial score (nSPS) is 13.6. The molecule has 0 saturated heterocycles. The summed E-state index contributed by atoms with van der Waals surface area (Å²) in [6.45, 7) is 14.6. The first-order valence-electron chi connectivity index (χ1n) is 21.8. The van der Waals surface area contributed by atoms with Crippen molar-refractivity contribution in [2.75, 3.05) is 26.4 Å². The van der Waals surface area contributed by atoms with Crippen molar-refractivity contribution in [1.29, 1.82) is 0 Å². The quantitative estimate of drug-likeness (QED) is 0.0298. The number of hydrogen-bond donors (Lipinski definition) is 5. The van der Waals surface area contributed by atoms with Gasteiger partial charge in [0.15, 0.2) is 0 Å². The van der Waals surface area contributed by atoms with Gasteiger partial charge in [0.05, 0.1) is 13.2 Å². The minimum atomic E-state index is -4.27. The minimum Gasteiger partial charge on any atom is -0.449 e. The summed E-state index contributed by atoms with van der Waals surface area (Å²) in [6.07, 6.45) is 1.89. The van der Waals surface area contributed by atoms with Gasteiger partial charge in [0.1, 0.15) is 42.8 Å². The van der Waals surface area contributed by atoms with Crippen molar-refractivity contribution in [3.63, 3.8) is 0 Å². The molecule has 3 aromatic carbocycles. The van der Waals surface area contributed by atoms with Crippen molar-refractivity contribution in [1.82, 2.24) is 21.3 Å². The Morgan fingerprint density at radius 1 is 0.818 bits per heavy atom. The van der Waals surface area contributed by atoms with Gasteiger partial charge in [0.2, 0.25) is 17.7 Å². The van der Waals surface area contributed by atoms with Gasteiger partial charge < -0.3 is 41.0 Å². The van der Waals surface area contributed by atoms with Gasteiger partial charge >= 0.3 is 20.0 Å². The number of nitrogens with two attached hydrogens (primary N) is 1. The zero-order valence-electron chi connectivity index (χ0n) is 38.3. The lowest BCUT2D eigenvalue weighted by Gasteiger charge is -2.26. The molecule has 0 radical (unpaired) electrons. The fourth-order valence-corrected chi connectivity index (χ4v) is 8.36. The van der Waals surface area contributed by atoms with Crippen molar-refractivity contribution in [3.05, 3.63) is 114 Å². The summed E-state index contributed by atoms with van der Waals surface area (Å²) >= 11 is 0. The number of nitrogens with one attached hydrogen (secondary N) is 4. The molecule has 1 aliphatic rings. The van der Waals surface area contributed by atoms with Crippen LogP contribution in [0.5, 0.6) is 5.75 Å². The lowest BCUT2D eigenvalue weighted by molar-refractivity contribution is -0.132. The Bertz CT molecular complexity index is 2170. The lowest BCUT2D eigenvalue weighted by Crippen LogP contribution is -2.57. The van der Waals surface area contributed by atoms with Crippen LogP contribution >= 0.6 is 7.82 Å². The van der Waals surface area contributed by atoms with E-state index in [4.69, 9.17) is 28.8 Å². The largest absolute Gasteiger partial charge is 0.530 e. The molecule has 66 heavy (non-hydrogen) atoms. The first-order chi connectivity index (χ1) is 31.4. The minimum absolute atomic E-state index is 0.0315. The maximum absolute atomic E-state index is 14.6. The molecule has 6 N–H and O–H groups in total. The van der Waals surface area contributed by atoms with Crippen molar-refractivity contribution >= 4 is 37.7 Å². The molecule has 3 aromatic rings. The highest BCUT2D eigenvalue weighted by Crippen LogP contribution is 2.50. The third-order valence-corrected chi connectivity index (χ3v) is 11.5. The van der Waals surface area contributed by atoms with Crippen LogP contribution in [0.15, 0.2) is 92.0 Å². The Hall–Kier alpha value is -6.03. The molecule has 0 aromatic heterocycles. The molecule has 1 aliphatic carbocycles. The lowest BCUT2D eigenvalue weighted by atomic mass is 9.98. The van der Waals surface area contributed by atoms with Crippen LogP contribution in [0, 0.1) is 5.92 Å². The van der Waals surface area contributed by atoms with Gasteiger partial charge in [0.25, 0.3) is 0 Å². The number of ether oxygens (including phenoxy) is 2. The van der Waals surface area contributed by atoms with Crippen molar-refractivity contribution in [2.24, 2.45) is 11.7 Å². The monoisotopic (exact) mass is 935 g/mol. The second-order valence-corrected chi connectivity index (χ2v) is 18.7. The molecule has 0 fully saturated rings. The highest BCUT2D eigenvalue weighted by molar-refractivity contribution is 7.48. The molecule has 18 heteroatoms. The van der Waals surface area contributed by atoms with Crippen LogP contribution in [-0.4, -0.2) is 80.0 Å². The number of amides is 5. The predicted molar refractivity (Wildman–Crippen MR) is 248 cm³/mol. The molecule has 5 amide bonds. The number of alkyl carbamates (subject to hydrolysis) is 2. The number of benzene rings is 3. The number of phosphoric ester groups is 1. The highest BCUT2D eigenvalue weighted by atomic mass is 31.2. The fourth-order valence-electron chi connectivity index (χ4n) is 7.19. The van der Waals surface area contributed by atoms with Gasteiger partial charge in [0, 0.05) is 24.4 Å². The third-order valence-electron chi connectivity index (χ3n) is 10.2. The van der Waals surface area contributed by atoms with Gasteiger partial charge in [-0.05, 0) is 92.3 Å². The number of phosphoric acid groups is 1. The molecule has 0 bridgehead atoms. The van der Waals surface area contributed by atoms with Crippen LogP contribution in [0.4, 0.5) is 14.0 Å². The number of rotatable bonds is 26. The van der Waals surface area contributed by atoms with Crippen LogP contribution in [0.1, 0.15) is 88.5 Å². The molecular weight excluding hydrogens is 873 g/mol. The van der Waals surface area contributed by atoms with E-state index in [-0.39, 0.29) is 68.8 Å². The Labute approximate surface area is 386 Å². The van der Waals surface area contributed by atoms with E-state index in [0.29, 0.717) is 18.4 Å². The number of halogens is 1. The van der Waals surface area contributed by atoms with Crippen LogP contribution in [0.25, 0.3) is 11.1 Å². The third kappa shape index (κ3) is 16.1. The Morgan fingerprint density at radius 2 is 1.41 bits per heavy atom. The second-order valence-electron chi connectivity index (χ2n) is 17.1. The van der Waals surface area contributed by atoms with E-state index < -0.39 is 68.1 Å². The van der Waals surface area contributed by atoms with E-state index in [1.165, 1.54) is 30.4 Å². The molecule has 4 rings (SSSR count). The van der Waals surface area contributed by atoms with Gasteiger partial charge in [-0.1, -0.05) is 80.6 Å². The summed E-state index contributed by atoms with van der Waals surface area (Å²) in [5.74, 6) is -2.82. The molecule has 0 saturated carbocycles. The average molecular weight is 936 g/mol. The summed E-state index contributed by atoms with van der Waals surface area (Å²) in [6, 6.07) is 16.1. The fraction of sp³-hybridized carbons (Fsp3) is 0.438. The maximum Gasteiger partial charge on any atom is 0.530 e. The smallest absolute Gasteiger partial charge is 0.449 e. The zero-order valence-corrected chi connectivity index (χ0v) is 39.2. The summed E-state index contributed by atoms with van der Waals surface area (Å²) in [5, 5.41) is 10.7. The number of fused-ring (bicyclic) bond motifs is 3. The molecule has 16 nitrogen and oxygen atoms in total. The number of unbranched alkanes of at least 4 members (excludes halogenated alkanes) is 1. The topological polar surface area (TPSA) is 223 Å². The Morgan fingerprint density at radius 3 is 1.97 bits per heavy atom. The number of hydrogen-bond acceptors (Lipinski definition) is 11. The maximum atomic E-state index is 14.6. The Kier molecular flexibility index (Phi) is 19.9. The van der Waals surface area contributed by atoms with E-state index in [2.05, 4.69) is 34.4 Å². The number of alkyl halides is 1. The Balaban J connectivity index is 1.59. The molecule has 358 valence electrons. The predicted octanol–water partition coefficient (Wildman–Crippen LogP) is 7.69. The van der Waals surface area contributed by atoms with E-state index in [9.17, 15) is 32.9 Å². The summed E-state index contributed by atoms with van der Waals surface area (Å²) in [5.41, 5.74) is 9.26. The molecule has 0 spiro atoms. The first kappa shape index (κ1) is 52.6. The van der Waals surface area contributed by atoms with E-state index in [1.54, 1.807) is 20.8 Å². The second kappa shape index (κ2) is 25.0. The van der Waals surface area contributed by atoms with E-state index >= 15 is 0 Å². The summed E-state index contributed by atoms with van der Waals surface area (Å²) in [7, 11) is -4.27. The van der Waals surface area contributed by atoms with E-state index in [1.807, 2.05) is 62.4 Å². The number of carbonyl (C=O) groups excluding carboxylic acids is 5.